The zero-order chi connectivity index (χ0) is 29.4. The number of thiophene rings is 1. The third-order valence-corrected chi connectivity index (χ3v) is 9.09. The summed E-state index contributed by atoms with van der Waals surface area (Å²) in [5.74, 6) is 0.272. The van der Waals surface area contributed by atoms with Gasteiger partial charge in [-0.2, -0.15) is 0 Å². The molecular weight excluding hydrogens is 550 g/mol. The highest BCUT2D eigenvalue weighted by Crippen LogP contribution is 2.38. The summed E-state index contributed by atoms with van der Waals surface area (Å²) in [5.41, 5.74) is 6.82. The van der Waals surface area contributed by atoms with Crippen LogP contribution in [0.15, 0.2) is 47.8 Å². The van der Waals surface area contributed by atoms with Gasteiger partial charge in [0.1, 0.15) is 23.1 Å². The molecule has 1 aliphatic heterocycles. The fourth-order valence-corrected chi connectivity index (χ4v) is 6.86. The van der Waals surface area contributed by atoms with Crippen LogP contribution in [0.3, 0.4) is 0 Å². The lowest BCUT2D eigenvalue weighted by atomic mass is 9.84. The molecule has 0 aliphatic carbocycles. The zero-order valence-corrected chi connectivity index (χ0v) is 25.1. The molecule has 218 valence electrons. The molecule has 0 saturated carbocycles. The number of pyridine rings is 1. The first-order valence-electron chi connectivity index (χ1n) is 14.4. The second kappa shape index (κ2) is 11.7. The highest BCUT2D eigenvalue weighted by molar-refractivity contribution is 7.17. The van der Waals surface area contributed by atoms with Gasteiger partial charge in [-0.25, -0.2) is 9.67 Å². The number of nitrogens with zero attached hydrogens (tertiary/aromatic N) is 5. The Morgan fingerprint density at radius 1 is 1.21 bits per heavy atom. The smallest absolute Gasteiger partial charge is 0.306 e. The van der Waals surface area contributed by atoms with Crippen LogP contribution in [0.25, 0.3) is 21.1 Å². The van der Waals surface area contributed by atoms with E-state index in [1.807, 2.05) is 20.0 Å². The van der Waals surface area contributed by atoms with Crippen molar-refractivity contribution in [2.75, 3.05) is 13.2 Å². The summed E-state index contributed by atoms with van der Waals surface area (Å²) in [6.07, 6.45) is 1.09. The molecule has 6 rings (SSSR count). The lowest BCUT2D eigenvalue weighted by molar-refractivity contribution is -0.143. The molecule has 10 heteroatoms. The topological polar surface area (TPSA) is 103 Å². The molecule has 1 aliphatic rings. The van der Waals surface area contributed by atoms with E-state index in [1.165, 1.54) is 10.3 Å². The Labute approximate surface area is 248 Å². The van der Waals surface area contributed by atoms with Crippen LogP contribution in [0.2, 0.25) is 0 Å². The van der Waals surface area contributed by atoms with Gasteiger partial charge >= 0.3 is 5.97 Å². The van der Waals surface area contributed by atoms with Crippen molar-refractivity contribution >= 4 is 38.4 Å². The van der Waals surface area contributed by atoms with E-state index < -0.39 is 0 Å². The first-order valence-corrected chi connectivity index (χ1v) is 15.2. The minimum Gasteiger partial charge on any atom is -0.493 e. The maximum atomic E-state index is 12.9. The van der Waals surface area contributed by atoms with Crippen molar-refractivity contribution in [1.29, 1.82) is 0 Å². The third kappa shape index (κ3) is 5.44. The molecule has 4 heterocycles. The molecule has 42 heavy (non-hydrogen) atoms. The van der Waals surface area contributed by atoms with Gasteiger partial charge in [-0.1, -0.05) is 24.3 Å². The first kappa shape index (κ1) is 28.1. The molecule has 1 unspecified atom stereocenters. The van der Waals surface area contributed by atoms with Crippen molar-refractivity contribution in [3.63, 3.8) is 0 Å². The average Bonchev–Trinajstić information content (AvgIpc) is 3.56. The minimum atomic E-state index is -0.231. The number of aromatic nitrogens is 4. The molecule has 5 aromatic rings. The van der Waals surface area contributed by atoms with Gasteiger partial charge in [-0.3, -0.25) is 9.69 Å². The summed E-state index contributed by atoms with van der Waals surface area (Å²) >= 11 is 1.72. The second-order valence-electron chi connectivity index (χ2n) is 10.9. The predicted molar refractivity (Wildman–Crippen MR) is 163 cm³/mol. The lowest BCUT2D eigenvalue weighted by Gasteiger charge is -2.25. The van der Waals surface area contributed by atoms with Gasteiger partial charge < -0.3 is 14.6 Å². The number of ether oxygens (including phenoxy) is 2. The summed E-state index contributed by atoms with van der Waals surface area (Å²) in [6, 6.07) is 14.1. The SMILES string of the molecule is CCOC(=O)CC(c1cc(CN2Cc3nc(O)ccc3O[C@H](CC)C2)c2sccc2c1)c1ccc2c(nnn2C)c1C. The molecule has 1 N–H and O–H groups in total. The third-order valence-electron chi connectivity index (χ3n) is 8.08. The summed E-state index contributed by atoms with van der Waals surface area (Å²) < 4.78 is 14.7. The lowest BCUT2D eigenvalue weighted by Crippen LogP contribution is -2.32. The van der Waals surface area contributed by atoms with E-state index in [-0.39, 0.29) is 30.3 Å². The van der Waals surface area contributed by atoms with Gasteiger partial charge in [0.25, 0.3) is 0 Å². The van der Waals surface area contributed by atoms with Gasteiger partial charge in [0.2, 0.25) is 5.88 Å². The van der Waals surface area contributed by atoms with Crippen LogP contribution in [-0.2, 0) is 29.7 Å². The Bertz CT molecular complexity index is 1760. The zero-order valence-electron chi connectivity index (χ0n) is 24.3. The number of carbonyl (C=O) groups excluding carboxylic acids is 1. The van der Waals surface area contributed by atoms with Crippen LogP contribution in [-0.4, -0.2) is 55.2 Å². The average molecular weight is 586 g/mol. The van der Waals surface area contributed by atoms with Crippen LogP contribution in [0.4, 0.5) is 0 Å². The summed E-state index contributed by atoms with van der Waals surface area (Å²) in [5, 5.41) is 22.0. The Morgan fingerprint density at radius 3 is 2.88 bits per heavy atom. The number of hydrogen-bond acceptors (Lipinski definition) is 9. The number of hydrogen-bond donors (Lipinski definition) is 1. The van der Waals surface area contributed by atoms with Crippen molar-refractivity contribution in [2.24, 2.45) is 7.05 Å². The fraction of sp³-hybridized carbons (Fsp3) is 0.375. The predicted octanol–water partition coefficient (Wildman–Crippen LogP) is 5.85. The summed E-state index contributed by atoms with van der Waals surface area (Å²) in [6.45, 7) is 8.32. The largest absolute Gasteiger partial charge is 0.493 e. The van der Waals surface area contributed by atoms with Gasteiger partial charge in [0, 0.05) is 43.4 Å². The van der Waals surface area contributed by atoms with E-state index in [0.29, 0.717) is 19.7 Å². The van der Waals surface area contributed by atoms with Crippen molar-refractivity contribution < 1.29 is 19.4 Å². The van der Waals surface area contributed by atoms with E-state index >= 15 is 0 Å². The molecule has 9 nitrogen and oxygen atoms in total. The highest BCUT2D eigenvalue weighted by Gasteiger charge is 2.27. The molecule has 2 aromatic carbocycles. The maximum Gasteiger partial charge on any atom is 0.306 e. The van der Waals surface area contributed by atoms with Crippen LogP contribution >= 0.6 is 11.3 Å². The highest BCUT2D eigenvalue weighted by atomic mass is 32.1. The summed E-state index contributed by atoms with van der Waals surface area (Å²) in [7, 11) is 1.88. The maximum absolute atomic E-state index is 12.9. The minimum absolute atomic E-state index is 0.00727. The van der Waals surface area contributed by atoms with E-state index in [1.54, 1.807) is 28.2 Å². The second-order valence-corrected chi connectivity index (χ2v) is 11.8. The van der Waals surface area contributed by atoms with Gasteiger partial charge in [-0.15, -0.1) is 16.4 Å². The van der Waals surface area contributed by atoms with E-state index in [4.69, 9.17) is 9.47 Å². The normalized spacial score (nSPS) is 16.2. The Kier molecular flexibility index (Phi) is 7.83. The quantitative estimate of drug-likeness (QED) is 0.226. The number of aryl methyl sites for hydroxylation is 2. The van der Waals surface area contributed by atoms with Crippen LogP contribution < -0.4 is 4.74 Å². The fourth-order valence-electron chi connectivity index (χ4n) is 5.97. The standard InChI is InChI=1S/C32H35N5O4S/c1-5-23-17-37(18-26-28(41-23)9-10-29(38)33-26)16-22-14-21(13-20-11-12-42-32(20)22)25(15-30(39)40-6-2)24-7-8-27-31(19(24)3)34-35-36(27)4/h7-14,23,25H,5-6,15-18H2,1-4H3,(H,33,38)/t23-,25?/m1/s1. The van der Waals surface area contributed by atoms with Gasteiger partial charge in [-0.05, 0) is 77.6 Å². The van der Waals surface area contributed by atoms with Crippen LogP contribution in [0.1, 0.15) is 60.6 Å². The van der Waals surface area contributed by atoms with E-state index in [2.05, 4.69) is 63.7 Å². The molecule has 0 saturated heterocycles. The molecule has 0 spiro atoms. The molecular formula is C32H35N5O4S. The summed E-state index contributed by atoms with van der Waals surface area (Å²) in [4.78, 5) is 19.7. The van der Waals surface area contributed by atoms with Crippen molar-refractivity contribution in [1.82, 2.24) is 24.9 Å². The number of esters is 1. The number of fused-ring (bicyclic) bond motifs is 3. The van der Waals surface area contributed by atoms with Crippen LogP contribution in [0, 0.1) is 6.92 Å². The molecule has 0 radical (unpaired) electrons. The Balaban J connectivity index is 1.42. The number of rotatable bonds is 8. The number of carbonyl (C=O) groups is 1. The molecule has 3 aromatic heterocycles. The van der Waals surface area contributed by atoms with Gasteiger partial charge in [0.15, 0.2) is 0 Å². The number of aromatic hydroxyl groups is 1. The molecule has 0 fully saturated rings. The van der Waals surface area contributed by atoms with E-state index in [9.17, 15) is 9.90 Å². The molecule has 0 bridgehead atoms. The van der Waals surface area contributed by atoms with E-state index in [0.717, 1.165) is 57.5 Å². The molecule has 0 amide bonds. The van der Waals surface area contributed by atoms with Gasteiger partial charge in [0.05, 0.1) is 18.5 Å². The first-order chi connectivity index (χ1) is 20.3. The number of benzene rings is 2. The van der Waals surface area contributed by atoms with Crippen molar-refractivity contribution in [2.45, 2.75) is 58.7 Å². The Morgan fingerprint density at radius 2 is 2.07 bits per heavy atom. The van der Waals surface area contributed by atoms with Crippen LogP contribution in [0.5, 0.6) is 11.6 Å². The Hall–Kier alpha value is -4.02. The van der Waals surface area contributed by atoms with Crippen molar-refractivity contribution in [3.05, 3.63) is 75.8 Å². The van der Waals surface area contributed by atoms with Crippen molar-refractivity contribution in [3.8, 4) is 11.6 Å². The molecule has 2 atom stereocenters. The monoisotopic (exact) mass is 585 g/mol.